The number of nitrogens with zero attached hydrogens (tertiary/aromatic N) is 5. The average Bonchev–Trinajstić information content (AvgIpc) is 3.12. The third-order valence-corrected chi connectivity index (χ3v) is 5.46. The summed E-state index contributed by atoms with van der Waals surface area (Å²) in [6.45, 7) is 2.16. The number of nitrogen functional groups attached to an aromatic ring is 1. The van der Waals surface area contributed by atoms with Gasteiger partial charge in [0.15, 0.2) is 17.3 Å². The van der Waals surface area contributed by atoms with Gasteiger partial charge in [0.2, 0.25) is 5.95 Å². The van der Waals surface area contributed by atoms with Crippen LogP contribution in [-0.2, 0) is 4.74 Å². The molecule has 1 saturated heterocycles. The van der Waals surface area contributed by atoms with Crippen LogP contribution >= 0.6 is 11.6 Å². The van der Waals surface area contributed by atoms with Crippen LogP contribution in [0.4, 0.5) is 20.5 Å². The van der Waals surface area contributed by atoms with Crippen LogP contribution in [0.5, 0.6) is 0 Å². The number of rotatable bonds is 3. The highest BCUT2D eigenvalue weighted by molar-refractivity contribution is 6.32. The number of halogens is 3. The molecule has 0 bridgehead atoms. The molecule has 4 aromatic rings. The Labute approximate surface area is 181 Å². The smallest absolute Gasteiger partial charge is 0.228 e. The molecule has 0 aliphatic carbocycles. The molecule has 158 valence electrons. The lowest BCUT2D eigenvalue weighted by Crippen LogP contribution is -2.37. The molecule has 0 unspecified atom stereocenters. The molecule has 0 atom stereocenters. The van der Waals surface area contributed by atoms with Gasteiger partial charge in [0.25, 0.3) is 0 Å². The molecule has 1 aliphatic heterocycles. The molecule has 0 radical (unpaired) electrons. The van der Waals surface area contributed by atoms with Crippen LogP contribution < -0.4 is 10.6 Å². The van der Waals surface area contributed by atoms with Gasteiger partial charge in [-0.15, -0.1) is 5.10 Å². The summed E-state index contributed by atoms with van der Waals surface area (Å²) in [5, 5.41) is 5.27. The molecular formula is C21H17ClF2N6O. The van der Waals surface area contributed by atoms with Gasteiger partial charge in [0.05, 0.1) is 35.0 Å². The van der Waals surface area contributed by atoms with Gasteiger partial charge in [-0.25, -0.2) is 18.4 Å². The number of hydrogen-bond acceptors (Lipinski definition) is 6. The maximum absolute atomic E-state index is 14.8. The minimum Gasteiger partial charge on any atom is -0.383 e. The van der Waals surface area contributed by atoms with E-state index >= 15 is 0 Å². The van der Waals surface area contributed by atoms with Crippen molar-refractivity contribution in [1.29, 1.82) is 0 Å². The molecule has 2 N–H and O–H groups in total. The molecule has 0 spiro atoms. The van der Waals surface area contributed by atoms with Crippen LogP contribution in [0.3, 0.4) is 0 Å². The second-order valence-corrected chi connectivity index (χ2v) is 7.43. The molecule has 2 aromatic carbocycles. The van der Waals surface area contributed by atoms with Crippen molar-refractivity contribution in [3.05, 3.63) is 59.1 Å². The van der Waals surface area contributed by atoms with Crippen molar-refractivity contribution in [2.45, 2.75) is 0 Å². The van der Waals surface area contributed by atoms with E-state index in [0.29, 0.717) is 48.3 Å². The van der Waals surface area contributed by atoms with Crippen LogP contribution in [0.15, 0.2) is 42.5 Å². The van der Waals surface area contributed by atoms with E-state index in [1.165, 1.54) is 16.8 Å². The van der Waals surface area contributed by atoms with Gasteiger partial charge < -0.3 is 15.4 Å². The van der Waals surface area contributed by atoms with E-state index in [0.717, 1.165) is 6.07 Å². The second kappa shape index (κ2) is 7.75. The highest BCUT2D eigenvalue weighted by atomic mass is 35.5. The van der Waals surface area contributed by atoms with E-state index < -0.39 is 11.6 Å². The summed E-state index contributed by atoms with van der Waals surface area (Å²) < 4.78 is 35.6. The van der Waals surface area contributed by atoms with Crippen molar-refractivity contribution in [2.24, 2.45) is 0 Å². The fraction of sp³-hybridized carbons (Fsp3) is 0.190. The normalized spacial score (nSPS) is 14.4. The SMILES string of the molecule is Nc1c2c(-c3cccc(F)c3F)nc(N3CCOCC3)nc2nn1-c1ccccc1Cl. The maximum atomic E-state index is 14.8. The van der Waals surface area contributed by atoms with Crippen LogP contribution in [-0.4, -0.2) is 46.1 Å². The zero-order chi connectivity index (χ0) is 21.5. The third kappa shape index (κ3) is 3.35. The molecular weight excluding hydrogens is 426 g/mol. The predicted molar refractivity (Wildman–Crippen MR) is 114 cm³/mol. The van der Waals surface area contributed by atoms with Crippen LogP contribution in [0.2, 0.25) is 5.02 Å². The number of ether oxygens (including phenoxy) is 1. The van der Waals surface area contributed by atoms with Gasteiger partial charge in [-0.05, 0) is 24.3 Å². The summed E-state index contributed by atoms with van der Waals surface area (Å²) in [5.41, 5.74) is 7.35. The molecule has 10 heteroatoms. The number of para-hydroxylation sites is 1. The van der Waals surface area contributed by atoms with E-state index in [9.17, 15) is 8.78 Å². The third-order valence-electron chi connectivity index (χ3n) is 5.14. The van der Waals surface area contributed by atoms with Gasteiger partial charge >= 0.3 is 0 Å². The Balaban J connectivity index is 1.80. The zero-order valence-corrected chi connectivity index (χ0v) is 17.0. The summed E-state index contributed by atoms with van der Waals surface area (Å²) in [5.74, 6) is -1.47. The molecule has 0 amide bonds. The first kappa shape index (κ1) is 19.7. The summed E-state index contributed by atoms with van der Waals surface area (Å²) in [4.78, 5) is 11.0. The van der Waals surface area contributed by atoms with Gasteiger partial charge in [0.1, 0.15) is 5.82 Å². The van der Waals surface area contributed by atoms with Crippen LogP contribution in [0, 0.1) is 11.6 Å². The number of nitrogens with two attached hydrogens (primary N) is 1. The van der Waals surface area contributed by atoms with Crippen molar-refractivity contribution in [2.75, 3.05) is 36.9 Å². The Morgan fingerprint density at radius 3 is 2.55 bits per heavy atom. The lowest BCUT2D eigenvalue weighted by molar-refractivity contribution is 0.122. The Kier molecular flexibility index (Phi) is 4.91. The molecule has 2 aromatic heterocycles. The van der Waals surface area contributed by atoms with E-state index in [-0.39, 0.29) is 22.7 Å². The lowest BCUT2D eigenvalue weighted by atomic mass is 10.1. The number of morpholine rings is 1. The number of aromatic nitrogens is 4. The first-order valence-electron chi connectivity index (χ1n) is 9.63. The van der Waals surface area contributed by atoms with Gasteiger partial charge in [-0.3, -0.25) is 0 Å². The van der Waals surface area contributed by atoms with Crippen LogP contribution in [0.25, 0.3) is 28.0 Å². The van der Waals surface area contributed by atoms with E-state index in [4.69, 9.17) is 22.1 Å². The molecule has 1 aliphatic rings. The van der Waals surface area contributed by atoms with E-state index in [2.05, 4.69) is 15.1 Å². The molecule has 1 fully saturated rings. The fourth-order valence-corrected chi connectivity index (χ4v) is 3.81. The van der Waals surface area contributed by atoms with Crippen LogP contribution in [0.1, 0.15) is 0 Å². The second-order valence-electron chi connectivity index (χ2n) is 7.02. The number of fused-ring (bicyclic) bond motifs is 1. The largest absolute Gasteiger partial charge is 0.383 e. The van der Waals surface area contributed by atoms with Crippen molar-refractivity contribution in [3.8, 4) is 16.9 Å². The Morgan fingerprint density at radius 2 is 1.77 bits per heavy atom. The predicted octanol–water partition coefficient (Wildman–Crippen LogP) is 3.83. The topological polar surface area (TPSA) is 82.1 Å². The number of benzene rings is 2. The van der Waals surface area contributed by atoms with Gasteiger partial charge in [0, 0.05) is 18.7 Å². The Bertz CT molecular complexity index is 1290. The van der Waals surface area contributed by atoms with E-state index in [1.807, 2.05) is 4.90 Å². The first-order chi connectivity index (χ1) is 15.0. The summed E-state index contributed by atoms with van der Waals surface area (Å²) in [6.07, 6.45) is 0. The van der Waals surface area contributed by atoms with Gasteiger partial charge in [-0.1, -0.05) is 29.8 Å². The highest BCUT2D eigenvalue weighted by Gasteiger charge is 2.25. The van der Waals surface area contributed by atoms with Crippen molar-refractivity contribution < 1.29 is 13.5 Å². The standard InChI is InChI=1S/C21H17ClF2N6O/c22-13-5-1-2-7-15(13)30-19(25)16-18(12-4-3-6-14(23)17(12)24)26-21(27-20(16)28-30)29-8-10-31-11-9-29/h1-7H,8-11,25H2. The Morgan fingerprint density at radius 1 is 1.00 bits per heavy atom. The summed E-state index contributed by atoms with van der Waals surface area (Å²) in [6, 6.07) is 11.0. The summed E-state index contributed by atoms with van der Waals surface area (Å²) >= 11 is 6.33. The van der Waals surface area contributed by atoms with Crippen molar-refractivity contribution >= 4 is 34.4 Å². The minimum atomic E-state index is -1.01. The molecule has 3 heterocycles. The first-order valence-corrected chi connectivity index (χ1v) is 10.0. The monoisotopic (exact) mass is 442 g/mol. The number of hydrogen-bond donors (Lipinski definition) is 1. The lowest BCUT2D eigenvalue weighted by Gasteiger charge is -2.27. The Hall–Kier alpha value is -3.30. The van der Waals surface area contributed by atoms with Crippen molar-refractivity contribution in [3.63, 3.8) is 0 Å². The molecule has 7 nitrogen and oxygen atoms in total. The maximum Gasteiger partial charge on any atom is 0.228 e. The number of anilines is 2. The minimum absolute atomic E-state index is 0.0210. The highest BCUT2D eigenvalue weighted by Crippen LogP contribution is 2.36. The zero-order valence-electron chi connectivity index (χ0n) is 16.2. The summed E-state index contributed by atoms with van der Waals surface area (Å²) in [7, 11) is 0. The molecule has 31 heavy (non-hydrogen) atoms. The molecule has 5 rings (SSSR count). The van der Waals surface area contributed by atoms with Gasteiger partial charge in [-0.2, -0.15) is 4.98 Å². The average molecular weight is 443 g/mol. The van der Waals surface area contributed by atoms with E-state index in [1.54, 1.807) is 24.3 Å². The fourth-order valence-electron chi connectivity index (χ4n) is 3.59. The molecule has 0 saturated carbocycles. The van der Waals surface area contributed by atoms with Crippen molar-refractivity contribution in [1.82, 2.24) is 19.7 Å². The quantitative estimate of drug-likeness (QED) is 0.519.